The molecule has 0 aromatic heterocycles. The van der Waals surface area contributed by atoms with Gasteiger partial charge in [0, 0.05) is 11.3 Å². The molecule has 2 rings (SSSR count). The summed E-state index contributed by atoms with van der Waals surface area (Å²) in [6, 6.07) is 7.62. The maximum absolute atomic E-state index is 13.4. The predicted molar refractivity (Wildman–Crippen MR) is 96.3 cm³/mol. The Balaban J connectivity index is 2.13. The zero-order chi connectivity index (χ0) is 20.2. The van der Waals surface area contributed by atoms with Crippen LogP contribution < -0.4 is 20.5 Å². The van der Waals surface area contributed by atoms with E-state index in [-0.39, 0.29) is 11.3 Å². The van der Waals surface area contributed by atoms with Crippen LogP contribution in [0.3, 0.4) is 0 Å². The van der Waals surface area contributed by atoms with Crippen molar-refractivity contribution in [2.45, 2.75) is 17.9 Å². The molecule has 8 nitrogen and oxygen atoms in total. The SMILES string of the molecule is COc1ccc(F)cc1S(=O)(=O)NC(C)C(=O)Nc1ccc(C(N)=O)cc1. The number of amides is 2. The molecule has 1 atom stereocenters. The third-order valence-electron chi connectivity index (χ3n) is 3.58. The molecule has 0 radical (unpaired) electrons. The third-order valence-corrected chi connectivity index (χ3v) is 5.14. The van der Waals surface area contributed by atoms with Gasteiger partial charge in [-0.25, -0.2) is 12.8 Å². The number of nitrogens with one attached hydrogen (secondary N) is 2. The maximum atomic E-state index is 13.4. The number of ether oxygens (including phenoxy) is 1. The van der Waals surface area contributed by atoms with E-state index >= 15 is 0 Å². The van der Waals surface area contributed by atoms with Crippen molar-refractivity contribution in [3.63, 3.8) is 0 Å². The Morgan fingerprint density at radius 3 is 2.33 bits per heavy atom. The first-order valence-corrected chi connectivity index (χ1v) is 9.19. The van der Waals surface area contributed by atoms with Crippen LogP contribution in [0.5, 0.6) is 5.75 Å². The number of carbonyl (C=O) groups excluding carboxylic acids is 2. The number of nitrogens with two attached hydrogens (primary N) is 1. The minimum absolute atomic E-state index is 0.0569. The molecule has 0 bridgehead atoms. The topological polar surface area (TPSA) is 128 Å². The highest BCUT2D eigenvalue weighted by Crippen LogP contribution is 2.24. The van der Waals surface area contributed by atoms with E-state index in [4.69, 9.17) is 10.5 Å². The van der Waals surface area contributed by atoms with Crippen LogP contribution in [0.15, 0.2) is 47.4 Å². The summed E-state index contributed by atoms with van der Waals surface area (Å²) in [5.41, 5.74) is 5.74. The van der Waals surface area contributed by atoms with Gasteiger partial charge in [0.15, 0.2) is 0 Å². The average molecular weight is 395 g/mol. The van der Waals surface area contributed by atoms with Crippen LogP contribution in [-0.2, 0) is 14.8 Å². The van der Waals surface area contributed by atoms with Gasteiger partial charge in [-0.2, -0.15) is 4.72 Å². The van der Waals surface area contributed by atoms with Gasteiger partial charge in [0.25, 0.3) is 0 Å². The average Bonchev–Trinajstić information content (AvgIpc) is 2.61. The molecule has 0 fully saturated rings. The molecule has 0 aliphatic rings. The fourth-order valence-corrected chi connectivity index (χ4v) is 3.56. The first-order chi connectivity index (χ1) is 12.6. The minimum atomic E-state index is -4.22. The largest absolute Gasteiger partial charge is 0.495 e. The van der Waals surface area contributed by atoms with Crippen LogP contribution >= 0.6 is 0 Å². The number of hydrogen-bond acceptors (Lipinski definition) is 5. The molecule has 27 heavy (non-hydrogen) atoms. The minimum Gasteiger partial charge on any atom is -0.495 e. The summed E-state index contributed by atoms with van der Waals surface area (Å²) < 4.78 is 45.4. The highest BCUT2D eigenvalue weighted by Gasteiger charge is 2.25. The van der Waals surface area contributed by atoms with Crippen molar-refractivity contribution in [1.29, 1.82) is 0 Å². The summed E-state index contributed by atoms with van der Waals surface area (Å²) >= 11 is 0. The Bertz CT molecular complexity index is 961. The second-order valence-corrected chi connectivity index (χ2v) is 7.25. The summed E-state index contributed by atoms with van der Waals surface area (Å²) in [6.45, 7) is 1.33. The quantitative estimate of drug-likeness (QED) is 0.650. The number of methoxy groups -OCH3 is 1. The normalized spacial score (nSPS) is 12.3. The smallest absolute Gasteiger partial charge is 0.248 e. The van der Waals surface area contributed by atoms with Gasteiger partial charge in [-0.15, -0.1) is 0 Å². The van der Waals surface area contributed by atoms with Crippen molar-refractivity contribution in [2.24, 2.45) is 5.73 Å². The van der Waals surface area contributed by atoms with E-state index in [1.807, 2.05) is 0 Å². The molecule has 0 heterocycles. The Morgan fingerprint density at radius 1 is 1.15 bits per heavy atom. The number of hydrogen-bond donors (Lipinski definition) is 3. The van der Waals surface area contributed by atoms with Gasteiger partial charge in [0.1, 0.15) is 16.5 Å². The zero-order valence-electron chi connectivity index (χ0n) is 14.5. The van der Waals surface area contributed by atoms with Gasteiger partial charge in [-0.05, 0) is 49.4 Å². The lowest BCUT2D eigenvalue weighted by Gasteiger charge is -2.16. The lowest BCUT2D eigenvalue weighted by atomic mass is 10.2. The van der Waals surface area contributed by atoms with Crippen LogP contribution in [0.1, 0.15) is 17.3 Å². The molecule has 0 saturated heterocycles. The van der Waals surface area contributed by atoms with Gasteiger partial charge in [-0.3, -0.25) is 9.59 Å². The van der Waals surface area contributed by atoms with Gasteiger partial charge >= 0.3 is 0 Å². The van der Waals surface area contributed by atoms with E-state index in [1.54, 1.807) is 0 Å². The molecule has 1 unspecified atom stereocenters. The molecular formula is C17H18FN3O5S. The lowest BCUT2D eigenvalue weighted by molar-refractivity contribution is -0.117. The van der Waals surface area contributed by atoms with Crippen molar-refractivity contribution < 1.29 is 27.1 Å². The van der Waals surface area contributed by atoms with Crippen LogP contribution in [0.4, 0.5) is 10.1 Å². The third kappa shape index (κ3) is 5.02. The van der Waals surface area contributed by atoms with Crippen molar-refractivity contribution in [3.05, 3.63) is 53.8 Å². The summed E-state index contributed by atoms with van der Waals surface area (Å²) in [5.74, 6) is -2.08. The molecule has 0 saturated carbocycles. The number of halogens is 1. The molecule has 0 spiro atoms. The van der Waals surface area contributed by atoms with Crippen LogP contribution in [0.25, 0.3) is 0 Å². The Hall–Kier alpha value is -2.98. The fraction of sp³-hybridized carbons (Fsp3) is 0.176. The van der Waals surface area contributed by atoms with Crippen molar-refractivity contribution in [2.75, 3.05) is 12.4 Å². The number of rotatable bonds is 7. The van der Waals surface area contributed by atoms with Gasteiger partial charge in [0.2, 0.25) is 21.8 Å². The number of sulfonamides is 1. The van der Waals surface area contributed by atoms with E-state index in [9.17, 15) is 22.4 Å². The predicted octanol–water partition coefficient (Wildman–Crippen LogP) is 1.24. The molecule has 0 aliphatic heterocycles. The van der Waals surface area contributed by atoms with E-state index in [0.29, 0.717) is 5.69 Å². The second kappa shape index (κ2) is 8.14. The van der Waals surface area contributed by atoms with Crippen LogP contribution in [-0.4, -0.2) is 33.4 Å². The van der Waals surface area contributed by atoms with Crippen LogP contribution in [0.2, 0.25) is 0 Å². The summed E-state index contributed by atoms with van der Waals surface area (Å²) in [5, 5.41) is 2.50. The van der Waals surface area contributed by atoms with Crippen molar-refractivity contribution >= 4 is 27.5 Å². The second-order valence-electron chi connectivity index (χ2n) is 5.57. The van der Waals surface area contributed by atoms with E-state index < -0.39 is 38.6 Å². The van der Waals surface area contributed by atoms with Gasteiger partial charge in [-0.1, -0.05) is 0 Å². The Labute approximate surface area is 155 Å². The zero-order valence-corrected chi connectivity index (χ0v) is 15.3. The molecule has 144 valence electrons. The molecular weight excluding hydrogens is 377 g/mol. The van der Waals surface area contributed by atoms with Crippen molar-refractivity contribution in [3.8, 4) is 5.75 Å². The van der Waals surface area contributed by atoms with Crippen LogP contribution in [0, 0.1) is 5.82 Å². The van der Waals surface area contributed by atoms with E-state index in [2.05, 4.69) is 10.0 Å². The fourth-order valence-electron chi connectivity index (χ4n) is 2.18. The van der Waals surface area contributed by atoms with E-state index in [1.165, 1.54) is 44.4 Å². The van der Waals surface area contributed by atoms with Crippen molar-refractivity contribution in [1.82, 2.24) is 4.72 Å². The molecule has 10 heteroatoms. The molecule has 0 aliphatic carbocycles. The number of anilines is 1. The molecule has 2 amide bonds. The first-order valence-electron chi connectivity index (χ1n) is 7.70. The maximum Gasteiger partial charge on any atom is 0.248 e. The Kier molecular flexibility index (Phi) is 6.13. The van der Waals surface area contributed by atoms with Gasteiger partial charge < -0.3 is 15.8 Å². The summed E-state index contributed by atoms with van der Waals surface area (Å²) in [7, 11) is -2.97. The highest BCUT2D eigenvalue weighted by molar-refractivity contribution is 7.89. The monoisotopic (exact) mass is 395 g/mol. The standard InChI is InChI=1S/C17H18FN3O5S/c1-10(17(23)20-13-6-3-11(4-7-13)16(19)22)21-27(24,25)15-9-12(18)5-8-14(15)26-2/h3-10,21H,1-2H3,(H2,19,22)(H,20,23). The number of primary amides is 1. The number of carbonyl (C=O) groups is 2. The molecule has 2 aromatic carbocycles. The molecule has 4 N–H and O–H groups in total. The highest BCUT2D eigenvalue weighted by atomic mass is 32.2. The lowest BCUT2D eigenvalue weighted by Crippen LogP contribution is -2.41. The summed E-state index contributed by atoms with van der Waals surface area (Å²) in [6.07, 6.45) is 0. The molecule has 2 aromatic rings. The summed E-state index contributed by atoms with van der Waals surface area (Å²) in [4.78, 5) is 22.8. The first kappa shape index (κ1) is 20.3. The van der Waals surface area contributed by atoms with E-state index in [0.717, 1.165) is 12.1 Å². The Morgan fingerprint density at radius 2 is 1.78 bits per heavy atom. The number of benzene rings is 2. The van der Waals surface area contributed by atoms with Gasteiger partial charge in [0.05, 0.1) is 13.2 Å².